The third-order valence-electron chi connectivity index (χ3n) is 3.21. The number of nitrogens with one attached hydrogen (secondary N) is 2. The lowest BCUT2D eigenvalue weighted by Gasteiger charge is -2.03. The second-order valence-electron chi connectivity index (χ2n) is 4.67. The second kappa shape index (κ2) is 5.57. The molecule has 7 heteroatoms. The van der Waals surface area contributed by atoms with Crippen molar-refractivity contribution in [3.05, 3.63) is 43.9 Å². The van der Waals surface area contributed by atoms with Crippen molar-refractivity contribution < 1.29 is 0 Å². The van der Waals surface area contributed by atoms with Gasteiger partial charge < -0.3 is 4.98 Å². The normalized spacial score (nSPS) is 11.1. The second-order valence-corrected chi connectivity index (χ2v) is 5.94. The first-order chi connectivity index (χ1) is 10.1. The third-order valence-corrected chi connectivity index (χ3v) is 4.21. The smallest absolute Gasteiger partial charge is 0.328 e. The molecule has 21 heavy (non-hydrogen) atoms. The number of aryl methyl sites for hydroxylation is 1. The van der Waals surface area contributed by atoms with E-state index in [1.165, 1.54) is 0 Å². The molecule has 1 aromatic carbocycles. The largest absolute Gasteiger partial charge is 0.334 e. The fourth-order valence-corrected chi connectivity index (χ4v) is 2.96. The standard InChI is InChI=1S/C14H13BrN4OS/c1-2-7-19-12-10(13(21)18-14(19)20)16-11(17-12)8-5-3-4-6-9(8)15/h3-6H,2,7H2,1H3,(H,16,17)(H,18,20,21). The van der Waals surface area contributed by atoms with Gasteiger partial charge in [0.1, 0.15) is 16.0 Å². The summed E-state index contributed by atoms with van der Waals surface area (Å²) in [5.41, 5.74) is 1.98. The lowest BCUT2D eigenvalue weighted by Crippen LogP contribution is -2.23. The first-order valence-electron chi connectivity index (χ1n) is 6.59. The summed E-state index contributed by atoms with van der Waals surface area (Å²) < 4.78 is 2.93. The molecule has 0 fully saturated rings. The quantitative estimate of drug-likeness (QED) is 0.697. The van der Waals surface area contributed by atoms with Crippen LogP contribution < -0.4 is 5.69 Å². The van der Waals surface area contributed by atoms with Crippen molar-refractivity contribution in [2.45, 2.75) is 19.9 Å². The van der Waals surface area contributed by atoms with Crippen molar-refractivity contribution in [1.82, 2.24) is 19.5 Å². The van der Waals surface area contributed by atoms with Gasteiger partial charge in [-0.15, -0.1) is 0 Å². The van der Waals surface area contributed by atoms with Gasteiger partial charge in [0.25, 0.3) is 0 Å². The van der Waals surface area contributed by atoms with Gasteiger partial charge in [-0.05, 0) is 12.5 Å². The molecule has 2 N–H and O–H groups in total. The van der Waals surface area contributed by atoms with Crippen LogP contribution in [0.25, 0.3) is 22.6 Å². The summed E-state index contributed by atoms with van der Waals surface area (Å²) >= 11 is 8.74. The first kappa shape index (κ1) is 14.2. The lowest BCUT2D eigenvalue weighted by molar-refractivity contribution is 0.654. The van der Waals surface area contributed by atoms with E-state index in [0.717, 1.165) is 16.5 Å². The number of hydrogen-bond acceptors (Lipinski definition) is 3. The molecular formula is C14H13BrN4OS. The van der Waals surface area contributed by atoms with Crippen LogP contribution in [0.5, 0.6) is 0 Å². The molecule has 0 bridgehead atoms. The molecule has 0 spiro atoms. The van der Waals surface area contributed by atoms with Gasteiger partial charge in [0.15, 0.2) is 5.65 Å². The van der Waals surface area contributed by atoms with Gasteiger partial charge in [-0.25, -0.2) is 9.78 Å². The first-order valence-corrected chi connectivity index (χ1v) is 7.79. The van der Waals surface area contributed by atoms with Crippen LogP contribution in [0.1, 0.15) is 13.3 Å². The molecule has 0 aliphatic heterocycles. The summed E-state index contributed by atoms with van der Waals surface area (Å²) in [5.74, 6) is 0.687. The molecule has 5 nitrogen and oxygen atoms in total. The molecule has 0 unspecified atom stereocenters. The fraction of sp³-hybridized carbons (Fsp3) is 0.214. The Bertz CT molecular complexity index is 925. The predicted octanol–water partition coefficient (Wildman–Crippen LogP) is 3.62. The minimum absolute atomic E-state index is 0.223. The Morgan fingerprint density at radius 1 is 1.33 bits per heavy atom. The Morgan fingerprint density at radius 3 is 2.81 bits per heavy atom. The van der Waals surface area contributed by atoms with Gasteiger partial charge in [-0.2, -0.15) is 0 Å². The minimum Gasteiger partial charge on any atom is -0.334 e. The van der Waals surface area contributed by atoms with Gasteiger partial charge in [-0.1, -0.05) is 53.3 Å². The number of benzene rings is 1. The zero-order chi connectivity index (χ0) is 15.0. The van der Waals surface area contributed by atoms with Crippen LogP contribution in [0.2, 0.25) is 0 Å². The lowest BCUT2D eigenvalue weighted by atomic mass is 10.2. The number of halogens is 1. The third kappa shape index (κ3) is 2.47. The summed E-state index contributed by atoms with van der Waals surface area (Å²) in [6, 6.07) is 7.78. The molecule has 108 valence electrons. The number of H-pyrrole nitrogens is 2. The van der Waals surface area contributed by atoms with Gasteiger partial charge in [0, 0.05) is 16.6 Å². The van der Waals surface area contributed by atoms with Crippen molar-refractivity contribution in [2.75, 3.05) is 0 Å². The van der Waals surface area contributed by atoms with Gasteiger partial charge in [0.05, 0.1) is 0 Å². The van der Waals surface area contributed by atoms with Gasteiger partial charge in [-0.3, -0.25) is 9.55 Å². The highest BCUT2D eigenvalue weighted by molar-refractivity contribution is 9.10. The number of rotatable bonds is 3. The van der Waals surface area contributed by atoms with Gasteiger partial charge >= 0.3 is 5.69 Å². The number of hydrogen-bond donors (Lipinski definition) is 2. The van der Waals surface area contributed by atoms with E-state index in [-0.39, 0.29) is 5.69 Å². The summed E-state index contributed by atoms with van der Waals surface area (Å²) in [7, 11) is 0. The van der Waals surface area contributed by atoms with Crippen molar-refractivity contribution in [1.29, 1.82) is 0 Å². The maximum atomic E-state index is 12.0. The maximum absolute atomic E-state index is 12.0. The van der Waals surface area contributed by atoms with E-state index < -0.39 is 0 Å². The van der Waals surface area contributed by atoms with Crippen LogP contribution in [-0.4, -0.2) is 19.5 Å². The SMILES string of the molecule is CCCn1c(=O)[nH]c(=S)c2[nH]c(-c3ccccc3Br)nc21. The van der Waals surface area contributed by atoms with E-state index in [1.54, 1.807) is 4.57 Å². The van der Waals surface area contributed by atoms with E-state index in [4.69, 9.17) is 12.2 Å². The highest BCUT2D eigenvalue weighted by Crippen LogP contribution is 2.27. The van der Waals surface area contributed by atoms with Crippen LogP contribution >= 0.6 is 28.1 Å². The Labute approximate surface area is 134 Å². The van der Waals surface area contributed by atoms with Crippen LogP contribution in [-0.2, 0) is 6.54 Å². The van der Waals surface area contributed by atoms with Crippen molar-refractivity contribution in [3.8, 4) is 11.4 Å². The predicted molar refractivity (Wildman–Crippen MR) is 89.0 cm³/mol. The van der Waals surface area contributed by atoms with Crippen molar-refractivity contribution >= 4 is 39.3 Å². The number of imidazole rings is 1. The molecule has 0 radical (unpaired) electrons. The summed E-state index contributed by atoms with van der Waals surface area (Å²) in [4.78, 5) is 22.5. The Hall–Kier alpha value is -1.73. The monoisotopic (exact) mass is 364 g/mol. The molecule has 2 aromatic heterocycles. The summed E-state index contributed by atoms with van der Waals surface area (Å²) in [5, 5.41) is 0. The summed E-state index contributed by atoms with van der Waals surface area (Å²) in [6.07, 6.45) is 0.844. The van der Waals surface area contributed by atoms with E-state index >= 15 is 0 Å². The number of aromatic nitrogens is 4. The van der Waals surface area contributed by atoms with Crippen LogP contribution in [0.4, 0.5) is 0 Å². The maximum Gasteiger partial charge on any atom is 0.328 e. The number of aromatic amines is 2. The van der Waals surface area contributed by atoms with E-state index in [0.29, 0.717) is 28.2 Å². The molecule has 0 saturated heterocycles. The Balaban J connectivity index is 2.32. The molecule has 3 rings (SSSR count). The van der Waals surface area contributed by atoms with Crippen molar-refractivity contribution in [2.24, 2.45) is 0 Å². The number of nitrogens with zero attached hydrogens (tertiary/aromatic N) is 2. The number of fused-ring (bicyclic) bond motifs is 1. The van der Waals surface area contributed by atoms with Gasteiger partial charge in [0.2, 0.25) is 0 Å². The highest BCUT2D eigenvalue weighted by Gasteiger charge is 2.13. The molecule has 0 atom stereocenters. The molecule has 0 saturated carbocycles. The molecule has 0 aliphatic carbocycles. The molecule has 2 heterocycles. The van der Waals surface area contributed by atoms with Crippen LogP contribution in [0.3, 0.4) is 0 Å². The Morgan fingerprint density at radius 2 is 2.10 bits per heavy atom. The van der Waals surface area contributed by atoms with E-state index in [9.17, 15) is 4.79 Å². The van der Waals surface area contributed by atoms with E-state index in [2.05, 4.69) is 30.9 Å². The van der Waals surface area contributed by atoms with Crippen molar-refractivity contribution in [3.63, 3.8) is 0 Å². The van der Waals surface area contributed by atoms with E-state index in [1.807, 2.05) is 31.2 Å². The highest BCUT2D eigenvalue weighted by atomic mass is 79.9. The fourth-order valence-electron chi connectivity index (χ4n) is 2.25. The zero-order valence-corrected chi connectivity index (χ0v) is 13.7. The van der Waals surface area contributed by atoms with Crippen LogP contribution in [0.15, 0.2) is 33.5 Å². The molecule has 3 aromatic rings. The van der Waals surface area contributed by atoms with Crippen LogP contribution in [0, 0.1) is 4.64 Å². The molecule has 0 amide bonds. The average molecular weight is 365 g/mol. The summed E-state index contributed by atoms with van der Waals surface area (Å²) in [6.45, 7) is 2.61. The topological polar surface area (TPSA) is 66.5 Å². The molecule has 0 aliphatic rings. The Kier molecular flexibility index (Phi) is 3.77. The zero-order valence-electron chi connectivity index (χ0n) is 11.3. The average Bonchev–Trinajstić information content (AvgIpc) is 2.89. The minimum atomic E-state index is -0.223. The molecular weight excluding hydrogens is 352 g/mol.